The number of ether oxygens (including phenoxy) is 1. The van der Waals surface area contributed by atoms with E-state index in [4.69, 9.17) is 4.74 Å². The van der Waals surface area contributed by atoms with Crippen LogP contribution in [-0.4, -0.2) is 5.97 Å². The van der Waals surface area contributed by atoms with Crippen molar-refractivity contribution in [1.29, 1.82) is 0 Å². The molecule has 0 aromatic heterocycles. The monoisotopic (exact) mass is 324 g/mol. The molecule has 0 aliphatic rings. The van der Waals surface area contributed by atoms with Crippen molar-refractivity contribution in [3.8, 4) is 16.9 Å². The topological polar surface area (TPSA) is 26.3 Å². The number of hydrogen-bond acceptors (Lipinski definition) is 2. The highest BCUT2D eigenvalue weighted by Gasteiger charge is 2.09. The Hall–Kier alpha value is -3.39. The summed E-state index contributed by atoms with van der Waals surface area (Å²) in [6, 6.07) is 31.2. The van der Waals surface area contributed by atoms with Crippen LogP contribution in [0.2, 0.25) is 0 Å². The summed E-state index contributed by atoms with van der Waals surface area (Å²) in [7, 11) is 0. The Balaban J connectivity index is 1.54. The zero-order chi connectivity index (χ0) is 17.1. The van der Waals surface area contributed by atoms with Gasteiger partial charge in [-0.25, -0.2) is 4.79 Å². The van der Waals surface area contributed by atoms with Crippen molar-refractivity contribution in [3.63, 3.8) is 0 Å². The van der Waals surface area contributed by atoms with Crippen LogP contribution in [0, 0.1) is 0 Å². The average molecular weight is 324 g/mol. The molecule has 0 atom stereocenters. The molecule has 0 N–H and O–H groups in total. The van der Waals surface area contributed by atoms with E-state index in [-0.39, 0.29) is 5.97 Å². The van der Waals surface area contributed by atoms with Gasteiger partial charge in [-0.05, 0) is 46.2 Å². The van der Waals surface area contributed by atoms with Crippen molar-refractivity contribution >= 4 is 16.7 Å². The standard InChI is InChI=1S/C23H16O2/c24-23(25-22-15-14-18-8-4-5-9-21(18)16-22)20-12-10-19(11-13-20)17-6-2-1-3-7-17/h1-16H. The largest absolute Gasteiger partial charge is 0.423 e. The molecule has 0 spiro atoms. The number of rotatable bonds is 3. The first-order chi connectivity index (χ1) is 12.3. The molecule has 0 aliphatic carbocycles. The molecule has 0 amide bonds. The average Bonchev–Trinajstić information content (AvgIpc) is 2.69. The first kappa shape index (κ1) is 15.2. The van der Waals surface area contributed by atoms with E-state index < -0.39 is 0 Å². The maximum atomic E-state index is 12.4. The molecule has 0 aliphatic heterocycles. The molecule has 4 aromatic carbocycles. The van der Waals surface area contributed by atoms with Crippen molar-refractivity contribution in [2.45, 2.75) is 0 Å². The van der Waals surface area contributed by atoms with Gasteiger partial charge in [-0.1, -0.05) is 72.8 Å². The molecule has 4 rings (SSSR count). The van der Waals surface area contributed by atoms with Crippen LogP contribution in [0.15, 0.2) is 97.1 Å². The van der Waals surface area contributed by atoms with E-state index in [2.05, 4.69) is 0 Å². The second-order valence-corrected chi connectivity index (χ2v) is 5.84. The Morgan fingerprint density at radius 1 is 0.600 bits per heavy atom. The zero-order valence-electron chi connectivity index (χ0n) is 13.6. The molecule has 2 nitrogen and oxygen atoms in total. The minimum Gasteiger partial charge on any atom is -0.423 e. The van der Waals surface area contributed by atoms with Crippen LogP contribution in [0.3, 0.4) is 0 Å². The van der Waals surface area contributed by atoms with Crippen molar-refractivity contribution in [2.24, 2.45) is 0 Å². The van der Waals surface area contributed by atoms with E-state index in [1.54, 1.807) is 12.1 Å². The number of carbonyl (C=O) groups is 1. The Morgan fingerprint density at radius 3 is 2.00 bits per heavy atom. The van der Waals surface area contributed by atoms with E-state index >= 15 is 0 Å². The lowest BCUT2D eigenvalue weighted by Gasteiger charge is -2.07. The van der Waals surface area contributed by atoms with Crippen molar-refractivity contribution in [3.05, 3.63) is 103 Å². The van der Waals surface area contributed by atoms with Crippen molar-refractivity contribution < 1.29 is 9.53 Å². The molecule has 2 heteroatoms. The summed E-state index contributed by atoms with van der Waals surface area (Å²) >= 11 is 0. The molecule has 0 fully saturated rings. The summed E-state index contributed by atoms with van der Waals surface area (Å²) in [6.07, 6.45) is 0. The summed E-state index contributed by atoms with van der Waals surface area (Å²) in [4.78, 5) is 12.4. The molecule has 0 saturated carbocycles. The van der Waals surface area contributed by atoms with Crippen LogP contribution >= 0.6 is 0 Å². The van der Waals surface area contributed by atoms with Gasteiger partial charge in [0.05, 0.1) is 5.56 Å². The van der Waals surface area contributed by atoms with Crippen LogP contribution in [-0.2, 0) is 0 Å². The lowest BCUT2D eigenvalue weighted by Crippen LogP contribution is -2.08. The lowest BCUT2D eigenvalue weighted by atomic mass is 10.0. The molecule has 120 valence electrons. The summed E-state index contributed by atoms with van der Waals surface area (Å²) in [5, 5.41) is 2.17. The van der Waals surface area contributed by atoms with Crippen LogP contribution in [0.5, 0.6) is 5.75 Å². The first-order valence-electron chi connectivity index (χ1n) is 8.16. The summed E-state index contributed by atoms with van der Waals surface area (Å²) in [5.41, 5.74) is 2.73. The summed E-state index contributed by atoms with van der Waals surface area (Å²) in [5.74, 6) is 0.200. The zero-order valence-corrected chi connectivity index (χ0v) is 13.6. The number of hydrogen-bond donors (Lipinski definition) is 0. The maximum Gasteiger partial charge on any atom is 0.343 e. The fourth-order valence-electron chi connectivity index (χ4n) is 2.83. The van der Waals surface area contributed by atoms with E-state index in [0.29, 0.717) is 11.3 Å². The quantitative estimate of drug-likeness (QED) is 0.355. The van der Waals surface area contributed by atoms with Crippen LogP contribution in [0.1, 0.15) is 10.4 Å². The third-order valence-corrected chi connectivity index (χ3v) is 4.16. The van der Waals surface area contributed by atoms with Gasteiger partial charge >= 0.3 is 5.97 Å². The minimum atomic E-state index is -0.352. The molecule has 0 heterocycles. The lowest BCUT2D eigenvalue weighted by molar-refractivity contribution is 0.0735. The highest BCUT2D eigenvalue weighted by molar-refractivity contribution is 5.92. The summed E-state index contributed by atoms with van der Waals surface area (Å²) in [6.45, 7) is 0. The van der Waals surface area contributed by atoms with Gasteiger partial charge in [-0.3, -0.25) is 0 Å². The number of esters is 1. The molecule has 0 bridgehead atoms. The maximum absolute atomic E-state index is 12.4. The molecule has 0 radical (unpaired) electrons. The van der Waals surface area contributed by atoms with E-state index in [9.17, 15) is 4.79 Å². The summed E-state index contributed by atoms with van der Waals surface area (Å²) < 4.78 is 5.52. The predicted octanol–water partition coefficient (Wildman–Crippen LogP) is 5.73. The minimum absolute atomic E-state index is 0.352. The van der Waals surface area contributed by atoms with Gasteiger partial charge in [-0.2, -0.15) is 0 Å². The Morgan fingerprint density at radius 2 is 1.24 bits per heavy atom. The van der Waals surface area contributed by atoms with Crippen LogP contribution in [0.25, 0.3) is 21.9 Å². The second kappa shape index (κ2) is 6.62. The Bertz CT molecular complexity index is 1020. The van der Waals surface area contributed by atoms with Gasteiger partial charge in [0.25, 0.3) is 0 Å². The molecule has 25 heavy (non-hydrogen) atoms. The normalized spacial score (nSPS) is 10.6. The van der Waals surface area contributed by atoms with Gasteiger partial charge in [-0.15, -0.1) is 0 Å². The molecule has 4 aromatic rings. The highest BCUT2D eigenvalue weighted by atomic mass is 16.5. The Labute approximate surface area is 146 Å². The van der Waals surface area contributed by atoms with Gasteiger partial charge in [0.15, 0.2) is 0 Å². The first-order valence-corrected chi connectivity index (χ1v) is 8.16. The van der Waals surface area contributed by atoms with Gasteiger partial charge in [0.2, 0.25) is 0 Å². The van der Waals surface area contributed by atoms with Gasteiger partial charge in [0.1, 0.15) is 5.75 Å². The third kappa shape index (κ3) is 3.29. The number of fused-ring (bicyclic) bond motifs is 1. The Kier molecular flexibility index (Phi) is 4.01. The van der Waals surface area contributed by atoms with Gasteiger partial charge in [0, 0.05) is 0 Å². The number of benzene rings is 4. The number of carbonyl (C=O) groups excluding carboxylic acids is 1. The predicted molar refractivity (Wildman–Crippen MR) is 101 cm³/mol. The van der Waals surface area contributed by atoms with Gasteiger partial charge < -0.3 is 4.74 Å². The molecular weight excluding hydrogens is 308 g/mol. The molecule has 0 unspecified atom stereocenters. The van der Waals surface area contributed by atoms with Crippen LogP contribution in [0.4, 0.5) is 0 Å². The van der Waals surface area contributed by atoms with Crippen molar-refractivity contribution in [1.82, 2.24) is 0 Å². The van der Waals surface area contributed by atoms with E-state index in [0.717, 1.165) is 21.9 Å². The fraction of sp³-hybridized carbons (Fsp3) is 0. The van der Waals surface area contributed by atoms with Crippen molar-refractivity contribution in [2.75, 3.05) is 0 Å². The molecule has 0 saturated heterocycles. The third-order valence-electron chi connectivity index (χ3n) is 4.16. The smallest absolute Gasteiger partial charge is 0.343 e. The van der Waals surface area contributed by atoms with E-state index in [1.807, 2.05) is 84.9 Å². The van der Waals surface area contributed by atoms with E-state index in [1.165, 1.54) is 0 Å². The second-order valence-electron chi connectivity index (χ2n) is 5.84. The highest BCUT2D eigenvalue weighted by Crippen LogP contribution is 2.23. The SMILES string of the molecule is O=C(Oc1ccc2ccccc2c1)c1ccc(-c2ccccc2)cc1. The van der Waals surface area contributed by atoms with Crippen LogP contribution < -0.4 is 4.74 Å². The fourth-order valence-corrected chi connectivity index (χ4v) is 2.83. The molecular formula is C23H16O2.